The van der Waals surface area contributed by atoms with Gasteiger partial charge in [0.15, 0.2) is 11.5 Å². The van der Waals surface area contributed by atoms with Gasteiger partial charge in [-0.2, -0.15) is 0 Å². The van der Waals surface area contributed by atoms with E-state index in [1.807, 2.05) is 35.2 Å². The van der Waals surface area contributed by atoms with E-state index < -0.39 is 0 Å². The van der Waals surface area contributed by atoms with Crippen molar-refractivity contribution in [3.63, 3.8) is 0 Å². The van der Waals surface area contributed by atoms with Crippen LogP contribution in [0.5, 0.6) is 11.5 Å². The Bertz CT molecular complexity index is 1350. The van der Waals surface area contributed by atoms with Gasteiger partial charge in [0.05, 0.1) is 10.8 Å². The van der Waals surface area contributed by atoms with Gasteiger partial charge in [-0.15, -0.1) is 11.8 Å². The van der Waals surface area contributed by atoms with Gasteiger partial charge in [-0.05, 0) is 61.0 Å². The van der Waals surface area contributed by atoms with E-state index in [9.17, 15) is 9.59 Å². The maximum absolute atomic E-state index is 13.2. The molecule has 10 heteroatoms. The number of hydrogen-bond donors (Lipinski definition) is 0. The predicted octanol–water partition coefficient (Wildman–Crippen LogP) is 5.91. The van der Waals surface area contributed by atoms with Crippen LogP contribution >= 0.6 is 35.0 Å². The zero-order valence-corrected chi connectivity index (χ0v) is 23.0. The molecule has 3 aromatic rings. The topological polar surface area (TPSA) is 68.3 Å². The molecule has 2 heterocycles. The van der Waals surface area contributed by atoms with Crippen LogP contribution in [-0.2, 0) is 16.1 Å². The summed E-state index contributed by atoms with van der Waals surface area (Å²) < 4.78 is 16.0. The average molecular weight is 573 g/mol. The molecule has 1 fully saturated rings. The van der Waals surface area contributed by atoms with Gasteiger partial charge in [0.1, 0.15) is 6.61 Å². The molecule has 0 aliphatic carbocycles. The summed E-state index contributed by atoms with van der Waals surface area (Å²) in [5, 5.41) is 1.12. The standard InChI is InChI=1S/C28H26Cl2N2O5S/c1-18-14-31(9-10-32(18)22-4-2-3-21(29)13-22)28(34)20-6-8-26(23(30)12-20)38-16-27(33)35-15-19-5-7-24-25(11-19)37-17-36-24/h2-8,11-13,18H,9-10,14-17H2,1H3. The number of piperazine rings is 1. The maximum atomic E-state index is 13.2. The van der Waals surface area contributed by atoms with Crippen LogP contribution < -0.4 is 14.4 Å². The lowest BCUT2D eigenvalue weighted by Crippen LogP contribution is -2.53. The summed E-state index contributed by atoms with van der Waals surface area (Å²) >= 11 is 13.9. The van der Waals surface area contributed by atoms with Crippen LogP contribution in [0.3, 0.4) is 0 Å². The monoisotopic (exact) mass is 572 g/mol. The molecular weight excluding hydrogens is 547 g/mol. The number of esters is 1. The summed E-state index contributed by atoms with van der Waals surface area (Å²) in [6.45, 7) is 4.33. The van der Waals surface area contributed by atoms with Crippen molar-refractivity contribution in [1.82, 2.24) is 4.90 Å². The molecule has 2 aliphatic rings. The molecule has 0 radical (unpaired) electrons. The third-order valence-electron chi connectivity index (χ3n) is 6.42. The second-order valence-electron chi connectivity index (χ2n) is 9.06. The predicted molar refractivity (Wildman–Crippen MR) is 149 cm³/mol. The van der Waals surface area contributed by atoms with Gasteiger partial charge in [-0.25, -0.2) is 0 Å². The fourth-order valence-corrected chi connectivity index (χ4v) is 5.73. The van der Waals surface area contributed by atoms with Crippen LogP contribution in [0.4, 0.5) is 5.69 Å². The number of amides is 1. The fraction of sp³-hybridized carbons (Fsp3) is 0.286. The lowest BCUT2D eigenvalue weighted by molar-refractivity contribution is -0.141. The van der Waals surface area contributed by atoms with Crippen molar-refractivity contribution in [3.05, 3.63) is 81.8 Å². The van der Waals surface area contributed by atoms with Crippen molar-refractivity contribution in [2.24, 2.45) is 0 Å². The third-order valence-corrected chi connectivity index (χ3v) is 8.12. The first kappa shape index (κ1) is 26.5. The Labute approximate surface area is 235 Å². The van der Waals surface area contributed by atoms with E-state index in [2.05, 4.69) is 11.8 Å². The number of carbonyl (C=O) groups excluding carboxylic acids is 2. The van der Waals surface area contributed by atoms with Crippen molar-refractivity contribution in [1.29, 1.82) is 0 Å². The molecule has 1 unspecified atom stereocenters. The summed E-state index contributed by atoms with van der Waals surface area (Å²) in [7, 11) is 0. The van der Waals surface area contributed by atoms with Crippen LogP contribution in [0, 0.1) is 0 Å². The Balaban J connectivity index is 1.12. The van der Waals surface area contributed by atoms with Crippen molar-refractivity contribution >= 4 is 52.5 Å². The number of ether oxygens (including phenoxy) is 3. The number of halogens is 2. The number of anilines is 1. The van der Waals surface area contributed by atoms with Gasteiger partial charge >= 0.3 is 5.97 Å². The van der Waals surface area contributed by atoms with Gasteiger partial charge in [0, 0.05) is 46.8 Å². The molecule has 198 valence electrons. The maximum Gasteiger partial charge on any atom is 0.316 e. The van der Waals surface area contributed by atoms with Gasteiger partial charge in [0.25, 0.3) is 5.91 Å². The Kier molecular flexibility index (Phi) is 8.21. The highest BCUT2D eigenvalue weighted by atomic mass is 35.5. The summed E-state index contributed by atoms with van der Waals surface area (Å²) in [5.41, 5.74) is 2.39. The van der Waals surface area contributed by atoms with Crippen molar-refractivity contribution in [3.8, 4) is 11.5 Å². The molecular formula is C28H26Cl2N2O5S. The SMILES string of the molecule is CC1CN(C(=O)c2ccc(SCC(=O)OCc3ccc4c(c3)OCO4)c(Cl)c2)CCN1c1cccc(Cl)c1. The molecule has 1 atom stereocenters. The highest BCUT2D eigenvalue weighted by molar-refractivity contribution is 8.00. The van der Waals surface area contributed by atoms with Gasteiger partial charge in [-0.1, -0.05) is 35.3 Å². The lowest BCUT2D eigenvalue weighted by Gasteiger charge is -2.41. The molecule has 1 amide bonds. The number of fused-ring (bicyclic) bond motifs is 1. The third kappa shape index (κ3) is 6.14. The molecule has 0 bridgehead atoms. The van der Waals surface area contributed by atoms with E-state index in [1.165, 1.54) is 11.8 Å². The minimum absolute atomic E-state index is 0.0656. The Morgan fingerprint density at radius 2 is 1.87 bits per heavy atom. The highest BCUT2D eigenvalue weighted by Crippen LogP contribution is 2.33. The van der Waals surface area contributed by atoms with E-state index >= 15 is 0 Å². The van der Waals surface area contributed by atoms with E-state index in [0.29, 0.717) is 51.6 Å². The second-order valence-corrected chi connectivity index (χ2v) is 10.9. The number of thioether (sulfide) groups is 1. The molecule has 2 aliphatic heterocycles. The first-order valence-electron chi connectivity index (χ1n) is 12.2. The minimum atomic E-state index is -0.365. The number of nitrogens with zero attached hydrogens (tertiary/aromatic N) is 2. The lowest BCUT2D eigenvalue weighted by atomic mass is 10.1. The van der Waals surface area contributed by atoms with Gasteiger partial charge in [0.2, 0.25) is 6.79 Å². The molecule has 7 nitrogen and oxygen atoms in total. The van der Waals surface area contributed by atoms with Gasteiger partial charge < -0.3 is 24.0 Å². The molecule has 0 saturated carbocycles. The number of benzene rings is 3. The van der Waals surface area contributed by atoms with E-state index in [-0.39, 0.29) is 37.1 Å². The van der Waals surface area contributed by atoms with E-state index in [4.69, 9.17) is 37.4 Å². The molecule has 0 aromatic heterocycles. The summed E-state index contributed by atoms with van der Waals surface area (Å²) in [5.74, 6) is 0.994. The normalized spacial score (nSPS) is 16.4. The van der Waals surface area contributed by atoms with Crippen LogP contribution in [0.15, 0.2) is 65.6 Å². The smallest absolute Gasteiger partial charge is 0.316 e. The van der Waals surface area contributed by atoms with E-state index in [0.717, 1.165) is 11.3 Å². The number of hydrogen-bond acceptors (Lipinski definition) is 7. The molecule has 0 spiro atoms. The highest BCUT2D eigenvalue weighted by Gasteiger charge is 2.28. The average Bonchev–Trinajstić information content (AvgIpc) is 3.39. The van der Waals surface area contributed by atoms with E-state index in [1.54, 1.807) is 30.3 Å². The zero-order chi connectivity index (χ0) is 26.6. The molecule has 5 rings (SSSR count). The van der Waals surface area contributed by atoms with Crippen molar-refractivity contribution < 1.29 is 23.8 Å². The van der Waals surface area contributed by atoms with Crippen molar-refractivity contribution in [2.75, 3.05) is 37.1 Å². The van der Waals surface area contributed by atoms with Crippen LogP contribution in [0.25, 0.3) is 0 Å². The van der Waals surface area contributed by atoms with Crippen LogP contribution in [0.1, 0.15) is 22.8 Å². The zero-order valence-electron chi connectivity index (χ0n) is 20.7. The first-order valence-corrected chi connectivity index (χ1v) is 13.9. The summed E-state index contributed by atoms with van der Waals surface area (Å²) in [4.78, 5) is 30.3. The Morgan fingerprint density at radius 1 is 1.03 bits per heavy atom. The minimum Gasteiger partial charge on any atom is -0.460 e. The molecule has 38 heavy (non-hydrogen) atoms. The fourth-order valence-electron chi connectivity index (χ4n) is 4.49. The number of rotatable bonds is 7. The van der Waals surface area contributed by atoms with Crippen molar-refractivity contribution in [2.45, 2.75) is 24.5 Å². The molecule has 0 N–H and O–H groups in total. The molecule has 1 saturated heterocycles. The van der Waals surface area contributed by atoms with Crippen LogP contribution in [-0.4, -0.2) is 55.0 Å². The molecule has 3 aromatic carbocycles. The quantitative estimate of drug-likeness (QED) is 0.257. The summed E-state index contributed by atoms with van der Waals surface area (Å²) in [6, 6.07) is 18.5. The Morgan fingerprint density at radius 3 is 2.66 bits per heavy atom. The second kappa shape index (κ2) is 11.8. The van der Waals surface area contributed by atoms with Crippen LogP contribution in [0.2, 0.25) is 10.0 Å². The van der Waals surface area contributed by atoms with Gasteiger partial charge in [-0.3, -0.25) is 9.59 Å². The Hall–Kier alpha value is -3.07. The first-order chi connectivity index (χ1) is 18.4. The number of carbonyl (C=O) groups is 2. The largest absolute Gasteiger partial charge is 0.460 e. The summed E-state index contributed by atoms with van der Waals surface area (Å²) in [6.07, 6.45) is 0.